The van der Waals surface area contributed by atoms with Crippen molar-refractivity contribution < 1.29 is 0 Å². The van der Waals surface area contributed by atoms with Crippen molar-refractivity contribution in [2.75, 3.05) is 12.3 Å². The van der Waals surface area contributed by atoms with Gasteiger partial charge in [0, 0.05) is 31.2 Å². The summed E-state index contributed by atoms with van der Waals surface area (Å²) in [6.45, 7) is 2.05. The Hall–Kier alpha value is -0.480. The van der Waals surface area contributed by atoms with E-state index >= 15 is 0 Å². The van der Waals surface area contributed by atoms with Gasteiger partial charge in [0.2, 0.25) is 0 Å². The van der Waals surface area contributed by atoms with Gasteiger partial charge < -0.3 is 10.3 Å². The summed E-state index contributed by atoms with van der Waals surface area (Å²) in [5.74, 6) is 2.56. The van der Waals surface area contributed by atoms with Crippen LogP contribution in [0.5, 0.6) is 0 Å². The standard InChI is InChI=1S/C12H19N3S/c1-2-6-16-9(3-1)7-12-14-10-4-5-13-8-11(10)15-12/h9,13H,1-8H2,(H,14,15). The number of rotatable bonds is 2. The second kappa shape index (κ2) is 4.80. The van der Waals surface area contributed by atoms with Crippen LogP contribution in [0.2, 0.25) is 0 Å². The zero-order valence-electron chi connectivity index (χ0n) is 9.59. The molecular formula is C12H19N3S. The predicted octanol–water partition coefficient (Wildman–Crippen LogP) is 1.88. The number of imidazole rings is 1. The van der Waals surface area contributed by atoms with Gasteiger partial charge in [0.1, 0.15) is 5.82 Å². The molecule has 1 fully saturated rings. The lowest BCUT2D eigenvalue weighted by molar-refractivity contribution is 0.627. The summed E-state index contributed by atoms with van der Waals surface area (Å²) in [5, 5.41) is 4.18. The van der Waals surface area contributed by atoms with E-state index in [0.717, 1.165) is 31.2 Å². The van der Waals surface area contributed by atoms with Crippen LogP contribution in [-0.2, 0) is 19.4 Å². The maximum atomic E-state index is 4.74. The van der Waals surface area contributed by atoms with Gasteiger partial charge in [-0.1, -0.05) is 6.42 Å². The highest BCUT2D eigenvalue weighted by atomic mass is 32.2. The molecule has 16 heavy (non-hydrogen) atoms. The highest BCUT2D eigenvalue weighted by Crippen LogP contribution is 2.27. The monoisotopic (exact) mass is 237 g/mol. The molecule has 1 aromatic heterocycles. The third-order valence-electron chi connectivity index (χ3n) is 3.45. The number of fused-ring (bicyclic) bond motifs is 1. The summed E-state index contributed by atoms with van der Waals surface area (Å²) in [6, 6.07) is 0. The van der Waals surface area contributed by atoms with Crippen LogP contribution in [0.1, 0.15) is 36.5 Å². The van der Waals surface area contributed by atoms with Gasteiger partial charge in [0.15, 0.2) is 0 Å². The summed E-state index contributed by atoms with van der Waals surface area (Å²) in [7, 11) is 0. The lowest BCUT2D eigenvalue weighted by Crippen LogP contribution is -2.23. The first-order chi connectivity index (χ1) is 7.92. The molecule has 88 valence electrons. The van der Waals surface area contributed by atoms with Crippen molar-refractivity contribution in [1.82, 2.24) is 15.3 Å². The Bertz CT molecular complexity index is 332. The van der Waals surface area contributed by atoms with Crippen LogP contribution in [0.15, 0.2) is 0 Å². The Kier molecular flexibility index (Phi) is 3.20. The lowest BCUT2D eigenvalue weighted by atomic mass is 10.1. The van der Waals surface area contributed by atoms with Crippen LogP contribution in [0.4, 0.5) is 0 Å². The average molecular weight is 237 g/mol. The van der Waals surface area contributed by atoms with Crippen LogP contribution in [0.3, 0.4) is 0 Å². The fraction of sp³-hybridized carbons (Fsp3) is 0.750. The Morgan fingerprint density at radius 2 is 2.38 bits per heavy atom. The number of hydrogen-bond acceptors (Lipinski definition) is 3. The highest BCUT2D eigenvalue weighted by Gasteiger charge is 2.18. The molecule has 0 bridgehead atoms. The van der Waals surface area contributed by atoms with Crippen molar-refractivity contribution in [3.05, 3.63) is 17.2 Å². The van der Waals surface area contributed by atoms with E-state index in [1.807, 2.05) is 0 Å². The molecule has 3 heterocycles. The summed E-state index contributed by atoms with van der Waals surface area (Å²) in [6.07, 6.45) is 6.40. The van der Waals surface area contributed by atoms with Crippen LogP contribution >= 0.6 is 11.8 Å². The highest BCUT2D eigenvalue weighted by molar-refractivity contribution is 7.99. The maximum Gasteiger partial charge on any atom is 0.107 e. The molecule has 1 aromatic rings. The SMILES string of the molecule is C1CCC(Cc2nc3c([nH]2)CNCC3)SC1. The zero-order valence-corrected chi connectivity index (χ0v) is 10.4. The summed E-state index contributed by atoms with van der Waals surface area (Å²) in [4.78, 5) is 8.23. The molecule has 0 radical (unpaired) electrons. The van der Waals surface area contributed by atoms with E-state index in [1.54, 1.807) is 0 Å². The molecule has 3 rings (SSSR count). The Morgan fingerprint density at radius 3 is 3.19 bits per heavy atom. The van der Waals surface area contributed by atoms with Gasteiger partial charge in [-0.25, -0.2) is 4.98 Å². The first-order valence-corrected chi connectivity index (χ1v) is 7.35. The van der Waals surface area contributed by atoms with E-state index in [2.05, 4.69) is 22.1 Å². The van der Waals surface area contributed by atoms with Crippen molar-refractivity contribution in [1.29, 1.82) is 0 Å². The molecule has 0 aromatic carbocycles. The molecule has 0 aliphatic carbocycles. The van der Waals surface area contributed by atoms with Crippen molar-refractivity contribution in [2.24, 2.45) is 0 Å². The third-order valence-corrected chi connectivity index (χ3v) is 4.85. The molecule has 2 aliphatic rings. The van der Waals surface area contributed by atoms with E-state index in [0.29, 0.717) is 0 Å². The van der Waals surface area contributed by atoms with Gasteiger partial charge in [0.25, 0.3) is 0 Å². The Balaban J connectivity index is 1.67. The largest absolute Gasteiger partial charge is 0.345 e. The molecule has 0 amide bonds. The molecule has 3 nitrogen and oxygen atoms in total. The van der Waals surface area contributed by atoms with Gasteiger partial charge in [-0.3, -0.25) is 0 Å². The van der Waals surface area contributed by atoms with Gasteiger partial charge in [-0.05, 0) is 18.6 Å². The molecular weight excluding hydrogens is 218 g/mol. The number of nitrogens with one attached hydrogen (secondary N) is 2. The summed E-state index contributed by atoms with van der Waals surface area (Å²) in [5.41, 5.74) is 2.62. The van der Waals surface area contributed by atoms with Gasteiger partial charge in [-0.15, -0.1) is 0 Å². The first-order valence-electron chi connectivity index (χ1n) is 6.31. The zero-order chi connectivity index (χ0) is 10.8. The van der Waals surface area contributed by atoms with Crippen LogP contribution in [0, 0.1) is 0 Å². The van der Waals surface area contributed by atoms with E-state index in [4.69, 9.17) is 4.98 Å². The number of hydrogen-bond donors (Lipinski definition) is 2. The number of nitrogens with zero attached hydrogens (tertiary/aromatic N) is 1. The quantitative estimate of drug-likeness (QED) is 0.825. The Morgan fingerprint density at radius 1 is 1.38 bits per heavy atom. The fourth-order valence-electron chi connectivity index (χ4n) is 2.56. The number of H-pyrrole nitrogens is 1. The van der Waals surface area contributed by atoms with Crippen molar-refractivity contribution in [3.8, 4) is 0 Å². The molecule has 0 spiro atoms. The maximum absolute atomic E-state index is 4.74. The lowest BCUT2D eigenvalue weighted by Gasteiger charge is -2.19. The van der Waals surface area contributed by atoms with Crippen LogP contribution in [-0.4, -0.2) is 27.5 Å². The molecule has 2 N–H and O–H groups in total. The second-order valence-electron chi connectivity index (χ2n) is 4.73. The average Bonchev–Trinajstić information content (AvgIpc) is 2.72. The van der Waals surface area contributed by atoms with E-state index < -0.39 is 0 Å². The molecule has 1 atom stereocenters. The molecule has 1 saturated heterocycles. The first kappa shape index (κ1) is 10.7. The smallest absolute Gasteiger partial charge is 0.107 e. The topological polar surface area (TPSA) is 40.7 Å². The molecule has 0 saturated carbocycles. The van der Waals surface area contributed by atoms with E-state index in [-0.39, 0.29) is 0 Å². The molecule has 1 unspecified atom stereocenters. The van der Waals surface area contributed by atoms with Crippen molar-refractivity contribution in [3.63, 3.8) is 0 Å². The van der Waals surface area contributed by atoms with Crippen molar-refractivity contribution >= 4 is 11.8 Å². The van der Waals surface area contributed by atoms with Crippen molar-refractivity contribution in [2.45, 2.75) is 43.9 Å². The summed E-state index contributed by atoms with van der Waals surface area (Å²) >= 11 is 2.13. The number of aromatic amines is 1. The van der Waals surface area contributed by atoms with Crippen LogP contribution < -0.4 is 5.32 Å². The second-order valence-corrected chi connectivity index (χ2v) is 6.14. The van der Waals surface area contributed by atoms with Gasteiger partial charge >= 0.3 is 0 Å². The molecule has 4 heteroatoms. The molecule has 2 aliphatic heterocycles. The Labute approximate surface area is 101 Å². The van der Waals surface area contributed by atoms with Gasteiger partial charge in [-0.2, -0.15) is 11.8 Å². The summed E-state index contributed by atoms with van der Waals surface area (Å²) < 4.78 is 0. The number of aromatic nitrogens is 2. The van der Waals surface area contributed by atoms with E-state index in [1.165, 1.54) is 42.2 Å². The fourth-order valence-corrected chi connectivity index (χ4v) is 3.87. The van der Waals surface area contributed by atoms with E-state index in [9.17, 15) is 0 Å². The minimum Gasteiger partial charge on any atom is -0.345 e. The number of thioether (sulfide) groups is 1. The minimum absolute atomic E-state index is 0.800. The third kappa shape index (κ3) is 2.28. The van der Waals surface area contributed by atoms with Crippen LogP contribution in [0.25, 0.3) is 0 Å². The minimum atomic E-state index is 0.800. The van der Waals surface area contributed by atoms with Gasteiger partial charge in [0.05, 0.1) is 11.4 Å². The normalized spacial score (nSPS) is 25.4. The predicted molar refractivity (Wildman–Crippen MR) is 67.8 cm³/mol.